The van der Waals surface area contributed by atoms with E-state index in [9.17, 15) is 5.11 Å². The molecule has 6 heteroatoms. The maximum atomic E-state index is 10.0. The number of phenols is 1. The molecular weight excluding hydrogens is 308 g/mol. The first-order valence-electron chi connectivity index (χ1n) is 6.96. The number of nitrogens with zero attached hydrogens (tertiary/aromatic N) is 2. The highest BCUT2D eigenvalue weighted by atomic mass is 32.1. The van der Waals surface area contributed by atoms with E-state index in [1.54, 1.807) is 24.5 Å². The number of aromatic hydroxyl groups is 1. The molecule has 5 nitrogen and oxygen atoms in total. The second kappa shape index (κ2) is 6.85. The molecule has 0 bridgehead atoms. The molecule has 3 rings (SSSR count). The van der Waals surface area contributed by atoms with Gasteiger partial charge in [0, 0.05) is 11.8 Å². The molecular formula is C17H14N4OS. The minimum atomic E-state index is 0.165. The van der Waals surface area contributed by atoms with Gasteiger partial charge in [-0.15, -0.1) is 0 Å². The summed E-state index contributed by atoms with van der Waals surface area (Å²) in [6.45, 7) is 0. The average molecular weight is 322 g/mol. The normalized spacial score (nSPS) is 10.8. The van der Waals surface area contributed by atoms with Crippen LogP contribution in [0.2, 0.25) is 0 Å². The van der Waals surface area contributed by atoms with Crippen molar-refractivity contribution in [3.63, 3.8) is 0 Å². The standard InChI is InChI=1S/C17H14N4OS/c22-15-9-8-12-5-1-2-6-13(12)14(15)11-19-21-17(23)20-16-7-3-4-10-18-16/h1-11,22H,(H2,18,20,21,23). The zero-order chi connectivity index (χ0) is 16.1. The largest absolute Gasteiger partial charge is 0.507 e. The summed E-state index contributed by atoms with van der Waals surface area (Å²) < 4.78 is 0. The van der Waals surface area contributed by atoms with Crippen LogP contribution in [-0.2, 0) is 0 Å². The molecule has 0 aliphatic carbocycles. The Labute approximate surface area is 138 Å². The Morgan fingerprint density at radius 2 is 1.91 bits per heavy atom. The first kappa shape index (κ1) is 14.9. The lowest BCUT2D eigenvalue weighted by Crippen LogP contribution is -2.24. The third-order valence-corrected chi connectivity index (χ3v) is 3.41. The number of hydrazone groups is 1. The van der Waals surface area contributed by atoms with Crippen LogP contribution in [0.5, 0.6) is 5.75 Å². The molecule has 1 aromatic heterocycles. The number of thiocarbonyl (C=S) groups is 1. The van der Waals surface area contributed by atoms with Gasteiger partial charge in [0.05, 0.1) is 6.21 Å². The Bertz CT molecular complexity index is 865. The van der Waals surface area contributed by atoms with Crippen LogP contribution in [0.25, 0.3) is 10.8 Å². The van der Waals surface area contributed by atoms with Crippen LogP contribution < -0.4 is 10.7 Å². The molecule has 0 amide bonds. The smallest absolute Gasteiger partial charge is 0.192 e. The van der Waals surface area contributed by atoms with Gasteiger partial charge in [-0.3, -0.25) is 5.43 Å². The number of nitrogens with one attached hydrogen (secondary N) is 2. The van der Waals surface area contributed by atoms with E-state index in [1.165, 1.54) is 0 Å². The van der Waals surface area contributed by atoms with Crippen molar-refractivity contribution < 1.29 is 5.11 Å². The molecule has 0 radical (unpaired) electrons. The van der Waals surface area contributed by atoms with E-state index in [0.717, 1.165) is 10.8 Å². The SMILES string of the molecule is Oc1ccc2ccccc2c1C=NNC(=S)Nc1ccccn1. The summed E-state index contributed by atoms with van der Waals surface area (Å²) in [7, 11) is 0. The topological polar surface area (TPSA) is 69.5 Å². The summed E-state index contributed by atoms with van der Waals surface area (Å²) in [6.07, 6.45) is 3.21. The van der Waals surface area contributed by atoms with Crippen molar-refractivity contribution in [2.75, 3.05) is 5.32 Å². The zero-order valence-electron chi connectivity index (χ0n) is 12.1. The summed E-state index contributed by atoms with van der Waals surface area (Å²) in [4.78, 5) is 4.11. The van der Waals surface area contributed by atoms with Crippen LogP contribution >= 0.6 is 12.2 Å². The Hall–Kier alpha value is -2.99. The van der Waals surface area contributed by atoms with E-state index in [-0.39, 0.29) is 5.75 Å². The van der Waals surface area contributed by atoms with Crippen molar-refractivity contribution in [3.05, 3.63) is 66.4 Å². The maximum absolute atomic E-state index is 10.0. The second-order valence-electron chi connectivity index (χ2n) is 4.76. The van der Waals surface area contributed by atoms with Crippen LogP contribution in [0.1, 0.15) is 5.56 Å². The lowest BCUT2D eigenvalue weighted by Gasteiger charge is -2.07. The van der Waals surface area contributed by atoms with Crippen LogP contribution in [0.3, 0.4) is 0 Å². The van der Waals surface area contributed by atoms with E-state index >= 15 is 0 Å². The van der Waals surface area contributed by atoms with Gasteiger partial charge in [0.1, 0.15) is 11.6 Å². The van der Waals surface area contributed by atoms with Gasteiger partial charge in [-0.05, 0) is 41.2 Å². The molecule has 0 aliphatic heterocycles. The maximum Gasteiger partial charge on any atom is 0.192 e. The molecule has 0 saturated heterocycles. The van der Waals surface area contributed by atoms with Crippen molar-refractivity contribution in [2.45, 2.75) is 0 Å². The summed E-state index contributed by atoms with van der Waals surface area (Å²) in [5.74, 6) is 0.797. The molecule has 0 fully saturated rings. The molecule has 1 heterocycles. The Morgan fingerprint density at radius 3 is 2.74 bits per heavy atom. The first-order chi connectivity index (χ1) is 11.2. The lowest BCUT2D eigenvalue weighted by molar-refractivity contribution is 0.475. The number of hydrogen-bond donors (Lipinski definition) is 3. The molecule has 114 valence electrons. The van der Waals surface area contributed by atoms with Crippen LogP contribution in [-0.4, -0.2) is 21.4 Å². The monoisotopic (exact) mass is 322 g/mol. The number of pyridine rings is 1. The average Bonchev–Trinajstić information content (AvgIpc) is 2.58. The molecule has 0 atom stereocenters. The van der Waals surface area contributed by atoms with Gasteiger partial charge >= 0.3 is 0 Å². The van der Waals surface area contributed by atoms with Crippen molar-refractivity contribution in [2.24, 2.45) is 5.10 Å². The van der Waals surface area contributed by atoms with Gasteiger partial charge < -0.3 is 10.4 Å². The molecule has 0 spiro atoms. The molecule has 0 saturated carbocycles. The molecule has 0 unspecified atom stereocenters. The number of rotatable bonds is 3. The zero-order valence-corrected chi connectivity index (χ0v) is 12.9. The van der Waals surface area contributed by atoms with Crippen molar-refractivity contribution in [1.29, 1.82) is 0 Å². The third-order valence-electron chi connectivity index (χ3n) is 3.21. The van der Waals surface area contributed by atoms with Crippen molar-refractivity contribution >= 4 is 40.1 Å². The summed E-state index contributed by atoms with van der Waals surface area (Å²) >= 11 is 5.14. The third kappa shape index (κ3) is 3.61. The highest BCUT2D eigenvalue weighted by molar-refractivity contribution is 7.80. The number of fused-ring (bicyclic) bond motifs is 1. The summed E-state index contributed by atoms with van der Waals surface area (Å²) in [5.41, 5.74) is 3.35. The van der Waals surface area contributed by atoms with Gasteiger partial charge in [-0.2, -0.15) is 5.10 Å². The fraction of sp³-hybridized carbons (Fsp3) is 0. The van der Waals surface area contributed by atoms with E-state index in [4.69, 9.17) is 12.2 Å². The Balaban J connectivity index is 1.73. The van der Waals surface area contributed by atoms with Crippen LogP contribution in [0.15, 0.2) is 65.9 Å². The van der Waals surface area contributed by atoms with Gasteiger partial charge in [0.15, 0.2) is 5.11 Å². The minimum Gasteiger partial charge on any atom is -0.507 e. The molecule has 3 aromatic rings. The van der Waals surface area contributed by atoms with Gasteiger partial charge in [-0.25, -0.2) is 4.98 Å². The van der Waals surface area contributed by atoms with Crippen molar-refractivity contribution in [1.82, 2.24) is 10.4 Å². The number of aromatic nitrogens is 1. The van der Waals surface area contributed by atoms with Gasteiger partial charge in [0.2, 0.25) is 0 Å². The molecule has 2 aromatic carbocycles. The Kier molecular flexibility index (Phi) is 4.44. The number of hydrogen-bond acceptors (Lipinski definition) is 4. The predicted molar refractivity (Wildman–Crippen MR) is 96.8 cm³/mol. The highest BCUT2D eigenvalue weighted by Gasteiger charge is 2.04. The molecule has 3 N–H and O–H groups in total. The molecule has 23 heavy (non-hydrogen) atoms. The van der Waals surface area contributed by atoms with Gasteiger partial charge in [0.25, 0.3) is 0 Å². The minimum absolute atomic E-state index is 0.165. The summed E-state index contributed by atoms with van der Waals surface area (Å²) in [6, 6.07) is 16.8. The second-order valence-corrected chi connectivity index (χ2v) is 5.17. The van der Waals surface area contributed by atoms with Crippen LogP contribution in [0, 0.1) is 0 Å². The van der Waals surface area contributed by atoms with E-state index in [0.29, 0.717) is 16.5 Å². The van der Waals surface area contributed by atoms with E-state index < -0.39 is 0 Å². The van der Waals surface area contributed by atoms with Crippen molar-refractivity contribution in [3.8, 4) is 5.75 Å². The fourth-order valence-corrected chi connectivity index (χ4v) is 2.31. The quantitative estimate of drug-likeness (QED) is 0.392. The summed E-state index contributed by atoms with van der Waals surface area (Å²) in [5, 5.41) is 19.3. The lowest BCUT2D eigenvalue weighted by atomic mass is 10.0. The number of benzene rings is 2. The first-order valence-corrected chi connectivity index (χ1v) is 7.36. The van der Waals surface area contributed by atoms with Gasteiger partial charge in [-0.1, -0.05) is 36.4 Å². The highest BCUT2D eigenvalue weighted by Crippen LogP contribution is 2.25. The molecule has 0 aliphatic rings. The van der Waals surface area contributed by atoms with E-state index in [2.05, 4.69) is 20.8 Å². The van der Waals surface area contributed by atoms with E-state index in [1.807, 2.05) is 42.5 Å². The number of anilines is 1. The fourth-order valence-electron chi connectivity index (χ4n) is 2.16. The van der Waals surface area contributed by atoms with Crippen LogP contribution in [0.4, 0.5) is 5.82 Å². The number of phenolic OH excluding ortho intramolecular Hbond substituents is 1. The Morgan fingerprint density at radius 1 is 1.09 bits per heavy atom. The predicted octanol–water partition coefficient (Wildman–Crippen LogP) is 3.26.